The van der Waals surface area contributed by atoms with Crippen molar-refractivity contribution in [1.29, 1.82) is 0 Å². The molecule has 190 valence electrons. The van der Waals surface area contributed by atoms with Crippen LogP contribution in [0.25, 0.3) is 0 Å². The molecule has 8 nitrogen and oxygen atoms in total. The number of rotatable bonds is 17. The first-order chi connectivity index (χ1) is 15.7. The molecule has 0 amide bonds. The van der Waals surface area contributed by atoms with Crippen molar-refractivity contribution in [1.82, 2.24) is 19.6 Å². The molecule has 32 heavy (non-hydrogen) atoms. The third-order valence-corrected chi connectivity index (χ3v) is 6.84. The molecule has 2 unspecified atom stereocenters. The number of methoxy groups -OCH3 is 2. The molecule has 0 saturated carbocycles. The summed E-state index contributed by atoms with van der Waals surface area (Å²) in [6.45, 7) is 14.0. The maximum Gasteiger partial charge on any atom is 0.0593 e. The van der Waals surface area contributed by atoms with Crippen molar-refractivity contribution in [3.8, 4) is 0 Å². The summed E-state index contributed by atoms with van der Waals surface area (Å²) >= 11 is 0. The Morgan fingerprint density at radius 3 is 1.72 bits per heavy atom. The van der Waals surface area contributed by atoms with Crippen LogP contribution in [0.5, 0.6) is 0 Å². The molecule has 2 rings (SSSR count). The number of likely N-dealkylation sites (N-methyl/N-ethyl adjacent to an activating group) is 2. The van der Waals surface area contributed by atoms with Gasteiger partial charge in [0.15, 0.2) is 0 Å². The monoisotopic (exact) mass is 458 g/mol. The minimum atomic E-state index is 0.573. The molecule has 2 heterocycles. The fraction of sp³-hybridized carbons (Fsp3) is 1.00. The topological polar surface area (TPSA) is 49.9 Å². The molecule has 2 fully saturated rings. The van der Waals surface area contributed by atoms with E-state index >= 15 is 0 Å². The van der Waals surface area contributed by atoms with E-state index in [1.165, 1.54) is 0 Å². The molecule has 8 heteroatoms. The van der Waals surface area contributed by atoms with Crippen molar-refractivity contribution < 1.29 is 18.9 Å². The molecule has 0 radical (unpaired) electrons. The van der Waals surface area contributed by atoms with Gasteiger partial charge in [0, 0.05) is 112 Å². The summed E-state index contributed by atoms with van der Waals surface area (Å²) < 4.78 is 21.8. The van der Waals surface area contributed by atoms with Crippen LogP contribution in [-0.4, -0.2) is 152 Å². The Kier molecular flexibility index (Phi) is 15.0. The molecule has 0 aliphatic carbocycles. The Morgan fingerprint density at radius 1 is 0.562 bits per heavy atom. The van der Waals surface area contributed by atoms with Gasteiger partial charge in [0.25, 0.3) is 0 Å². The number of piperazine rings is 2. The number of hydrogen-bond donors (Lipinski definition) is 0. The van der Waals surface area contributed by atoms with Gasteiger partial charge in [0.05, 0.1) is 6.61 Å². The molecule has 0 aromatic rings. The van der Waals surface area contributed by atoms with Gasteiger partial charge >= 0.3 is 0 Å². The summed E-state index contributed by atoms with van der Waals surface area (Å²) in [4.78, 5) is 10.4. The molecule has 0 aromatic carbocycles. The standard InChI is InChI=1S/C24H50N4O4/c1-25-10-12-27(9-7-18-31-19-8-16-30-4)21-23(25)24-22-28(13-11-26(24)2)14-20-32-17-6-5-15-29-3/h23-24H,5-22H2,1-4H3. The lowest BCUT2D eigenvalue weighted by Crippen LogP contribution is -2.65. The third kappa shape index (κ3) is 10.7. The van der Waals surface area contributed by atoms with Crippen LogP contribution in [0, 0.1) is 0 Å². The van der Waals surface area contributed by atoms with Crippen molar-refractivity contribution >= 4 is 0 Å². The molecular weight excluding hydrogens is 408 g/mol. The smallest absolute Gasteiger partial charge is 0.0593 e. The zero-order valence-electron chi connectivity index (χ0n) is 21.3. The number of ether oxygens (including phenoxy) is 4. The summed E-state index contributed by atoms with van der Waals surface area (Å²) in [5.74, 6) is 0. The van der Waals surface area contributed by atoms with Crippen molar-refractivity contribution in [2.45, 2.75) is 37.8 Å². The summed E-state index contributed by atoms with van der Waals surface area (Å²) in [7, 11) is 8.10. The average Bonchev–Trinajstić information content (AvgIpc) is 2.80. The second-order valence-corrected chi connectivity index (χ2v) is 9.32. The van der Waals surface area contributed by atoms with Gasteiger partial charge in [0.2, 0.25) is 0 Å². The number of hydrogen-bond acceptors (Lipinski definition) is 8. The highest BCUT2D eigenvalue weighted by Crippen LogP contribution is 2.19. The van der Waals surface area contributed by atoms with E-state index in [1.807, 2.05) is 0 Å². The second-order valence-electron chi connectivity index (χ2n) is 9.32. The van der Waals surface area contributed by atoms with E-state index in [0.29, 0.717) is 12.1 Å². The van der Waals surface area contributed by atoms with Gasteiger partial charge in [-0.15, -0.1) is 0 Å². The van der Waals surface area contributed by atoms with Crippen molar-refractivity contribution in [2.75, 3.05) is 120 Å². The molecule has 2 atom stereocenters. The fourth-order valence-electron chi connectivity index (χ4n) is 4.70. The molecule has 0 bridgehead atoms. The highest BCUT2D eigenvalue weighted by Gasteiger charge is 2.36. The van der Waals surface area contributed by atoms with E-state index in [2.05, 4.69) is 33.7 Å². The van der Waals surface area contributed by atoms with E-state index in [1.54, 1.807) is 14.2 Å². The third-order valence-electron chi connectivity index (χ3n) is 6.84. The zero-order chi connectivity index (χ0) is 23.0. The van der Waals surface area contributed by atoms with Gasteiger partial charge in [-0.25, -0.2) is 0 Å². The van der Waals surface area contributed by atoms with Gasteiger partial charge in [-0.3, -0.25) is 14.7 Å². The van der Waals surface area contributed by atoms with Gasteiger partial charge in [-0.2, -0.15) is 0 Å². The van der Waals surface area contributed by atoms with E-state index in [-0.39, 0.29) is 0 Å². The van der Waals surface area contributed by atoms with Crippen LogP contribution in [0.1, 0.15) is 25.7 Å². The molecule has 0 N–H and O–H groups in total. The Balaban J connectivity index is 1.68. The summed E-state index contributed by atoms with van der Waals surface area (Å²) in [5, 5.41) is 0. The van der Waals surface area contributed by atoms with Crippen LogP contribution in [0.2, 0.25) is 0 Å². The van der Waals surface area contributed by atoms with Crippen LogP contribution in [-0.2, 0) is 18.9 Å². The molecular formula is C24H50N4O4. The van der Waals surface area contributed by atoms with Crippen LogP contribution >= 0.6 is 0 Å². The zero-order valence-corrected chi connectivity index (χ0v) is 21.3. The number of unbranched alkanes of at least 4 members (excludes halogenated alkanes) is 1. The first-order valence-corrected chi connectivity index (χ1v) is 12.6. The predicted molar refractivity (Wildman–Crippen MR) is 130 cm³/mol. The van der Waals surface area contributed by atoms with Gasteiger partial charge in [-0.05, 0) is 39.8 Å². The maximum atomic E-state index is 5.87. The minimum Gasteiger partial charge on any atom is -0.385 e. The fourth-order valence-corrected chi connectivity index (χ4v) is 4.70. The maximum absolute atomic E-state index is 5.87. The second kappa shape index (κ2) is 17.2. The largest absolute Gasteiger partial charge is 0.385 e. The summed E-state index contributed by atoms with van der Waals surface area (Å²) in [6, 6.07) is 1.15. The van der Waals surface area contributed by atoms with Crippen LogP contribution in [0.3, 0.4) is 0 Å². The van der Waals surface area contributed by atoms with Crippen molar-refractivity contribution in [3.05, 3.63) is 0 Å². The highest BCUT2D eigenvalue weighted by molar-refractivity contribution is 4.94. The Labute approximate surface area is 197 Å². The van der Waals surface area contributed by atoms with Gasteiger partial charge < -0.3 is 23.8 Å². The lowest BCUT2D eigenvalue weighted by molar-refractivity contribution is -0.00989. The first-order valence-electron chi connectivity index (χ1n) is 12.6. The molecule has 0 spiro atoms. The molecule has 2 aliphatic rings. The SMILES string of the molecule is COCCCCOCCN1CCN(C)C(C2CN(CCCOCCCOC)CCN2C)C1. The van der Waals surface area contributed by atoms with Crippen molar-refractivity contribution in [2.24, 2.45) is 0 Å². The average molecular weight is 459 g/mol. The number of nitrogens with zero attached hydrogens (tertiary/aromatic N) is 4. The normalized spacial score (nSPS) is 24.4. The first kappa shape index (κ1) is 27.9. The van der Waals surface area contributed by atoms with Gasteiger partial charge in [0.1, 0.15) is 0 Å². The molecule has 0 aromatic heterocycles. The quantitative estimate of drug-likeness (QED) is 0.301. The molecule has 2 aliphatic heterocycles. The Hall–Kier alpha value is -0.320. The minimum absolute atomic E-state index is 0.573. The van der Waals surface area contributed by atoms with E-state index in [4.69, 9.17) is 18.9 Å². The van der Waals surface area contributed by atoms with Crippen LogP contribution in [0.15, 0.2) is 0 Å². The predicted octanol–water partition coefficient (Wildman–Crippen LogP) is 1.10. The summed E-state index contributed by atoms with van der Waals surface area (Å²) in [6.07, 6.45) is 4.26. The lowest BCUT2D eigenvalue weighted by atomic mass is 9.99. The van der Waals surface area contributed by atoms with Crippen molar-refractivity contribution in [3.63, 3.8) is 0 Å². The Morgan fingerprint density at radius 2 is 1.06 bits per heavy atom. The van der Waals surface area contributed by atoms with Crippen LogP contribution in [0.4, 0.5) is 0 Å². The van der Waals surface area contributed by atoms with E-state index in [9.17, 15) is 0 Å². The van der Waals surface area contributed by atoms with Gasteiger partial charge in [-0.1, -0.05) is 0 Å². The Bertz CT molecular complexity index is 420. The molecule has 2 saturated heterocycles. The van der Waals surface area contributed by atoms with Crippen LogP contribution < -0.4 is 0 Å². The highest BCUT2D eigenvalue weighted by atomic mass is 16.5. The van der Waals surface area contributed by atoms with E-state index < -0.39 is 0 Å². The summed E-state index contributed by atoms with van der Waals surface area (Å²) in [5.41, 5.74) is 0. The van der Waals surface area contributed by atoms with E-state index in [0.717, 1.165) is 118 Å². The lowest BCUT2D eigenvalue weighted by Gasteiger charge is -2.49.